The molecule has 1 aliphatic heterocycles. The highest BCUT2D eigenvalue weighted by molar-refractivity contribution is 6.03. The second kappa shape index (κ2) is 14.6. The summed E-state index contributed by atoms with van der Waals surface area (Å²) in [6.07, 6.45) is 6.96. The molecule has 3 aromatic rings. The summed E-state index contributed by atoms with van der Waals surface area (Å²) >= 11 is 0. The van der Waals surface area contributed by atoms with Crippen LogP contribution < -0.4 is 10.1 Å². The Kier molecular flexibility index (Phi) is 10.3. The molecule has 1 fully saturated rings. The second-order valence-electron chi connectivity index (χ2n) is 13.3. The van der Waals surface area contributed by atoms with Gasteiger partial charge < -0.3 is 45.2 Å². The number of urea groups is 1. The minimum absolute atomic E-state index is 0.0354. The van der Waals surface area contributed by atoms with Crippen molar-refractivity contribution in [2.45, 2.75) is 76.2 Å². The normalized spacial score (nSPS) is 26.7. The van der Waals surface area contributed by atoms with Gasteiger partial charge in [-0.2, -0.15) is 0 Å². The summed E-state index contributed by atoms with van der Waals surface area (Å²) < 4.78 is 6.57. The lowest BCUT2D eigenvalue weighted by Gasteiger charge is -2.58. The average Bonchev–Trinajstić information content (AvgIpc) is 3.51. The van der Waals surface area contributed by atoms with Gasteiger partial charge in [0.2, 0.25) is 5.79 Å². The molecule has 2 aliphatic carbocycles. The fourth-order valence-corrected chi connectivity index (χ4v) is 8.17. The van der Waals surface area contributed by atoms with Gasteiger partial charge in [0.1, 0.15) is 24.1 Å². The number of hydrogen-bond acceptors (Lipinski definition) is 8. The molecule has 11 heteroatoms. The third-order valence-corrected chi connectivity index (χ3v) is 10.4. The lowest BCUT2D eigenvalue weighted by Crippen LogP contribution is -2.69. The number of allylic oxidation sites excluding steroid dienone is 1. The van der Waals surface area contributed by atoms with Gasteiger partial charge in [-0.05, 0) is 85.7 Å². The van der Waals surface area contributed by atoms with E-state index in [4.69, 9.17) is 9.57 Å². The van der Waals surface area contributed by atoms with Gasteiger partial charge in [-0.1, -0.05) is 42.3 Å². The number of para-hydroxylation sites is 1. The topological polar surface area (TPSA) is 160 Å². The number of benzene rings is 2. The van der Waals surface area contributed by atoms with E-state index in [2.05, 4.69) is 21.5 Å². The predicted molar refractivity (Wildman–Crippen MR) is 183 cm³/mol. The number of oxime groups is 1. The van der Waals surface area contributed by atoms with Gasteiger partial charge in [0.05, 0.1) is 18.2 Å². The van der Waals surface area contributed by atoms with Crippen LogP contribution in [-0.4, -0.2) is 80.8 Å². The van der Waals surface area contributed by atoms with Crippen LogP contribution in [0.25, 0.3) is 10.9 Å². The fourth-order valence-electron chi connectivity index (χ4n) is 8.17. The number of carbonyl (C=O) groups is 1. The van der Waals surface area contributed by atoms with Crippen LogP contribution in [0.2, 0.25) is 0 Å². The van der Waals surface area contributed by atoms with Gasteiger partial charge in [0.15, 0.2) is 0 Å². The van der Waals surface area contributed by atoms with Crippen LogP contribution in [-0.2, 0) is 11.4 Å². The van der Waals surface area contributed by atoms with E-state index in [-0.39, 0.29) is 55.7 Å². The molecule has 48 heavy (non-hydrogen) atoms. The van der Waals surface area contributed by atoms with E-state index in [1.54, 1.807) is 25.2 Å². The van der Waals surface area contributed by atoms with Gasteiger partial charge in [0, 0.05) is 49.4 Å². The Morgan fingerprint density at radius 1 is 1.10 bits per heavy atom. The summed E-state index contributed by atoms with van der Waals surface area (Å²) in [5, 5.41) is 51.4. The van der Waals surface area contributed by atoms with Gasteiger partial charge in [-0.25, -0.2) is 4.79 Å². The fraction of sp³-hybridized carbons (Fsp3) is 0.514. The van der Waals surface area contributed by atoms with E-state index in [0.29, 0.717) is 30.9 Å². The molecule has 1 aromatic heterocycles. The molecule has 3 aliphatic rings. The number of unbranched alkanes of at least 4 members (excludes halogenated alkanes) is 2. The minimum atomic E-state index is -1.82. The molecule has 6 N–H and O–H groups in total. The molecule has 6 unspecified atom stereocenters. The van der Waals surface area contributed by atoms with Gasteiger partial charge in [-0.3, -0.25) is 0 Å². The molecule has 2 aromatic carbocycles. The van der Waals surface area contributed by atoms with Gasteiger partial charge >= 0.3 is 6.03 Å². The zero-order valence-corrected chi connectivity index (χ0v) is 27.8. The molecule has 2 amide bonds. The van der Waals surface area contributed by atoms with Gasteiger partial charge in [-0.15, -0.1) is 0 Å². The summed E-state index contributed by atoms with van der Waals surface area (Å²) in [6.45, 7) is 2.69. The van der Waals surface area contributed by atoms with E-state index >= 15 is 0 Å². The first-order valence-electron chi connectivity index (χ1n) is 17.2. The zero-order chi connectivity index (χ0) is 33.8. The SMILES string of the molecule is CCON=C1CC(N(C)C(=O)NCc2cc3ccccc3[nH]2)C2(O)Oc3ccc(O)cc3C3C(CCCCO)C(CCCCO)C=C1C32. The van der Waals surface area contributed by atoms with Crippen molar-refractivity contribution < 1.29 is 34.8 Å². The first-order valence-corrected chi connectivity index (χ1v) is 17.2. The molecule has 0 saturated heterocycles. The number of carbonyl (C=O) groups excluding carboxylic acids is 1. The molecule has 11 nitrogen and oxygen atoms in total. The molecule has 1 saturated carbocycles. The molecule has 258 valence electrons. The molecule has 2 heterocycles. The van der Waals surface area contributed by atoms with Crippen molar-refractivity contribution in [3.63, 3.8) is 0 Å². The van der Waals surface area contributed by atoms with Crippen molar-refractivity contribution in [2.24, 2.45) is 22.9 Å². The number of rotatable bonds is 13. The Morgan fingerprint density at radius 3 is 2.62 bits per heavy atom. The van der Waals surface area contributed by atoms with Crippen LogP contribution >= 0.6 is 0 Å². The maximum absolute atomic E-state index is 13.8. The number of aromatic hydroxyl groups is 1. The number of aromatic amines is 1. The van der Waals surface area contributed by atoms with E-state index in [1.807, 2.05) is 37.3 Å². The standard InChI is InChI=1S/C37H48N4O7/c1-3-47-40-31-21-33(41(2)36(45)38-22-25-18-24-11-4-5-13-30(24)39-25)37(46)35-28(31)19-23(10-6-8-16-42)27(12-7-9-17-43)34(35)29-20-26(44)14-15-32(29)48-37/h4-5,11,13-15,18-20,23,27,33-35,39,42-44,46H,3,6-10,12,16-17,21-22H2,1-2H3,(H,38,45). The van der Waals surface area contributed by atoms with Crippen LogP contribution in [0.15, 0.2) is 65.3 Å². The Balaban J connectivity index is 1.39. The maximum atomic E-state index is 13.8. The number of likely N-dealkylation sites (N-methyl/N-ethyl adjacent to an activating group) is 1. The minimum Gasteiger partial charge on any atom is -0.508 e. The Labute approximate surface area is 281 Å². The highest BCUT2D eigenvalue weighted by atomic mass is 16.6. The van der Waals surface area contributed by atoms with E-state index < -0.39 is 17.7 Å². The first kappa shape index (κ1) is 33.8. The number of fused-ring (bicyclic) bond motifs is 3. The Hall–Kier alpha value is -4.06. The third-order valence-electron chi connectivity index (χ3n) is 10.4. The van der Waals surface area contributed by atoms with Crippen molar-refractivity contribution in [2.75, 3.05) is 26.9 Å². The number of H-pyrrole nitrogens is 1. The number of nitrogens with one attached hydrogen (secondary N) is 2. The number of phenols is 1. The average molecular weight is 661 g/mol. The largest absolute Gasteiger partial charge is 0.508 e. The van der Waals surface area contributed by atoms with Crippen LogP contribution in [0.5, 0.6) is 11.5 Å². The van der Waals surface area contributed by atoms with Crippen molar-refractivity contribution in [1.29, 1.82) is 0 Å². The molecule has 0 spiro atoms. The highest BCUT2D eigenvalue weighted by Gasteiger charge is 2.63. The number of nitrogens with zero attached hydrogens (tertiary/aromatic N) is 2. The number of aromatic nitrogens is 1. The summed E-state index contributed by atoms with van der Waals surface area (Å²) in [5.41, 5.74) is 4.14. The Morgan fingerprint density at radius 2 is 1.88 bits per heavy atom. The molecule has 0 bridgehead atoms. The lowest BCUT2D eigenvalue weighted by molar-refractivity contribution is -0.226. The van der Waals surface area contributed by atoms with Crippen molar-refractivity contribution in [3.8, 4) is 11.5 Å². The van der Waals surface area contributed by atoms with Crippen LogP contribution in [0.3, 0.4) is 0 Å². The molecule has 6 rings (SSSR count). The number of phenolic OH excluding ortho intramolecular Hbond substituents is 1. The van der Waals surface area contributed by atoms with Crippen molar-refractivity contribution in [1.82, 2.24) is 15.2 Å². The number of hydrogen-bond donors (Lipinski definition) is 6. The van der Waals surface area contributed by atoms with Gasteiger partial charge in [0.25, 0.3) is 0 Å². The summed E-state index contributed by atoms with van der Waals surface area (Å²) in [6, 6.07) is 13.7. The predicted octanol–water partition coefficient (Wildman–Crippen LogP) is 5.16. The first-order chi connectivity index (χ1) is 23.3. The summed E-state index contributed by atoms with van der Waals surface area (Å²) in [4.78, 5) is 24.3. The van der Waals surface area contributed by atoms with E-state index in [1.165, 1.54) is 4.90 Å². The van der Waals surface area contributed by atoms with E-state index in [0.717, 1.165) is 53.4 Å². The summed E-state index contributed by atoms with van der Waals surface area (Å²) in [7, 11) is 1.67. The van der Waals surface area contributed by atoms with Crippen LogP contribution in [0.4, 0.5) is 4.79 Å². The third kappa shape index (κ3) is 6.51. The van der Waals surface area contributed by atoms with Crippen LogP contribution in [0.1, 0.15) is 69.0 Å². The maximum Gasteiger partial charge on any atom is 0.317 e. The second-order valence-corrected chi connectivity index (χ2v) is 13.3. The number of ether oxygens (including phenoxy) is 1. The molecule has 0 radical (unpaired) electrons. The highest BCUT2D eigenvalue weighted by Crippen LogP contribution is 2.60. The van der Waals surface area contributed by atoms with E-state index in [9.17, 15) is 25.2 Å². The monoisotopic (exact) mass is 660 g/mol. The van der Waals surface area contributed by atoms with Crippen molar-refractivity contribution in [3.05, 3.63) is 71.4 Å². The number of aliphatic hydroxyl groups excluding tert-OH is 2. The molecule has 6 atom stereocenters. The quantitative estimate of drug-likeness (QED) is 0.109. The summed E-state index contributed by atoms with van der Waals surface area (Å²) in [5.74, 6) is -2.00. The van der Waals surface area contributed by atoms with Crippen molar-refractivity contribution >= 4 is 22.6 Å². The van der Waals surface area contributed by atoms with Crippen LogP contribution in [0, 0.1) is 17.8 Å². The number of amides is 2. The lowest BCUT2D eigenvalue weighted by atomic mass is 9.55. The smallest absolute Gasteiger partial charge is 0.317 e. The Bertz CT molecular complexity index is 1620. The molecular weight excluding hydrogens is 612 g/mol. The number of aliphatic hydroxyl groups is 3. The molecular formula is C37H48N4O7. The zero-order valence-electron chi connectivity index (χ0n) is 27.8.